The highest BCUT2D eigenvalue weighted by Gasteiger charge is 2.38. The Labute approximate surface area is 193 Å². The fourth-order valence-electron chi connectivity index (χ4n) is 3.13. The minimum Gasteiger partial charge on any atom is -0.325 e. The van der Waals surface area contributed by atoms with Gasteiger partial charge in [0.1, 0.15) is 5.25 Å². The molecule has 32 heavy (non-hydrogen) atoms. The fourth-order valence-corrected chi connectivity index (χ4v) is 4.51. The van der Waals surface area contributed by atoms with E-state index in [1.165, 1.54) is 4.90 Å². The van der Waals surface area contributed by atoms with Gasteiger partial charge in [-0.1, -0.05) is 35.5 Å². The van der Waals surface area contributed by atoms with Gasteiger partial charge >= 0.3 is 6.18 Å². The van der Waals surface area contributed by atoms with E-state index in [0.29, 0.717) is 11.7 Å². The van der Waals surface area contributed by atoms with E-state index in [1.54, 1.807) is 0 Å². The van der Waals surface area contributed by atoms with Gasteiger partial charge in [-0.05, 0) is 56.2 Å². The summed E-state index contributed by atoms with van der Waals surface area (Å²) in [4.78, 5) is 31.4. The Morgan fingerprint density at radius 1 is 1.22 bits per heavy atom. The molecule has 1 heterocycles. The van der Waals surface area contributed by atoms with Crippen LogP contribution < -0.4 is 5.32 Å². The quantitative estimate of drug-likeness (QED) is 0.571. The van der Waals surface area contributed by atoms with Gasteiger partial charge in [-0.25, -0.2) is 4.99 Å². The van der Waals surface area contributed by atoms with Crippen molar-refractivity contribution in [1.29, 1.82) is 0 Å². The number of anilines is 1. The highest BCUT2D eigenvalue weighted by atomic mass is 35.5. The molecule has 0 saturated carbocycles. The zero-order valence-corrected chi connectivity index (χ0v) is 19.2. The normalized spacial score (nSPS) is 17.8. The molecule has 0 aliphatic carbocycles. The van der Waals surface area contributed by atoms with E-state index < -0.39 is 22.9 Å². The minimum absolute atomic E-state index is 0.0240. The van der Waals surface area contributed by atoms with Crippen LogP contribution in [0.5, 0.6) is 0 Å². The van der Waals surface area contributed by atoms with Crippen molar-refractivity contribution in [1.82, 2.24) is 4.90 Å². The summed E-state index contributed by atoms with van der Waals surface area (Å²) in [6.45, 7) is 6.05. The van der Waals surface area contributed by atoms with Gasteiger partial charge in [-0.15, -0.1) is 0 Å². The number of carbonyl (C=O) groups excluding carboxylic acids is 2. The molecule has 1 saturated heterocycles. The second-order valence-electron chi connectivity index (χ2n) is 7.32. The van der Waals surface area contributed by atoms with Crippen LogP contribution in [0.15, 0.2) is 41.4 Å². The van der Waals surface area contributed by atoms with Gasteiger partial charge in [-0.2, -0.15) is 13.2 Å². The van der Waals surface area contributed by atoms with Crippen LogP contribution in [0.3, 0.4) is 0 Å². The summed E-state index contributed by atoms with van der Waals surface area (Å²) in [6.07, 6.45) is -4.79. The zero-order chi connectivity index (χ0) is 23.6. The SMILES string of the molecule is CCN1C(=O)C(CC(=O)Nc2cc(C(F)(F)F)ccc2Cl)SC1=Nc1cc(C)ccc1C. The molecule has 2 aromatic rings. The second kappa shape index (κ2) is 9.54. The van der Waals surface area contributed by atoms with E-state index in [2.05, 4.69) is 10.3 Å². The Kier molecular flexibility index (Phi) is 7.19. The van der Waals surface area contributed by atoms with Crippen LogP contribution in [0.2, 0.25) is 5.02 Å². The number of amides is 2. The Morgan fingerprint density at radius 3 is 2.59 bits per heavy atom. The first-order valence-corrected chi connectivity index (χ1v) is 11.1. The number of rotatable bonds is 5. The van der Waals surface area contributed by atoms with E-state index in [-0.39, 0.29) is 23.0 Å². The lowest BCUT2D eigenvalue weighted by Crippen LogP contribution is -2.33. The van der Waals surface area contributed by atoms with Crippen molar-refractivity contribution in [3.63, 3.8) is 0 Å². The van der Waals surface area contributed by atoms with E-state index in [1.807, 2.05) is 39.0 Å². The molecule has 0 spiro atoms. The number of hydrogen-bond donors (Lipinski definition) is 1. The third-order valence-corrected chi connectivity index (χ3v) is 6.36. The maximum atomic E-state index is 13.0. The van der Waals surface area contributed by atoms with Gasteiger partial charge in [0.25, 0.3) is 0 Å². The predicted octanol–water partition coefficient (Wildman–Crippen LogP) is 5.96. The Bertz CT molecular complexity index is 1090. The first-order valence-electron chi connectivity index (χ1n) is 9.80. The summed E-state index contributed by atoms with van der Waals surface area (Å²) in [5.41, 5.74) is 1.63. The van der Waals surface area contributed by atoms with Gasteiger partial charge in [0.05, 0.1) is 22.0 Å². The minimum atomic E-state index is -4.57. The number of nitrogens with one attached hydrogen (secondary N) is 1. The average molecular weight is 484 g/mol. The Morgan fingerprint density at radius 2 is 1.94 bits per heavy atom. The van der Waals surface area contributed by atoms with Crippen molar-refractivity contribution in [3.05, 3.63) is 58.1 Å². The summed E-state index contributed by atoms with van der Waals surface area (Å²) in [5.74, 6) is -0.882. The lowest BCUT2D eigenvalue weighted by molar-refractivity contribution is -0.137. The third-order valence-electron chi connectivity index (χ3n) is 4.86. The molecule has 170 valence electrons. The van der Waals surface area contributed by atoms with Crippen molar-refractivity contribution in [2.45, 2.75) is 38.6 Å². The standard InChI is InChI=1S/C22H21ClF3N3O2S/c1-4-29-20(31)18(32-21(29)28-16-9-12(2)5-6-13(16)3)11-19(30)27-17-10-14(22(24,25)26)7-8-15(17)23/h5-10,18H,4,11H2,1-3H3,(H,27,30). The molecule has 0 aromatic heterocycles. The predicted molar refractivity (Wildman–Crippen MR) is 121 cm³/mol. The van der Waals surface area contributed by atoms with Gasteiger partial charge in [0.2, 0.25) is 11.8 Å². The number of thioether (sulfide) groups is 1. The number of amidine groups is 1. The number of benzene rings is 2. The van der Waals surface area contributed by atoms with Crippen molar-refractivity contribution >= 4 is 51.7 Å². The highest BCUT2D eigenvalue weighted by molar-refractivity contribution is 8.15. The maximum Gasteiger partial charge on any atom is 0.416 e. The van der Waals surface area contributed by atoms with Crippen LogP contribution in [-0.2, 0) is 15.8 Å². The number of aliphatic imine (C=N–C) groups is 1. The molecule has 1 N–H and O–H groups in total. The lowest BCUT2D eigenvalue weighted by Gasteiger charge is -2.14. The van der Waals surface area contributed by atoms with Crippen LogP contribution in [0, 0.1) is 13.8 Å². The first kappa shape index (κ1) is 24.1. The number of alkyl halides is 3. The molecule has 1 fully saturated rings. The molecular formula is C22H21ClF3N3O2S. The molecule has 5 nitrogen and oxygen atoms in total. The zero-order valence-electron chi connectivity index (χ0n) is 17.6. The fraction of sp³-hybridized carbons (Fsp3) is 0.318. The monoisotopic (exact) mass is 483 g/mol. The topological polar surface area (TPSA) is 61.8 Å². The van der Waals surface area contributed by atoms with Gasteiger partial charge < -0.3 is 5.32 Å². The van der Waals surface area contributed by atoms with Gasteiger partial charge in [-0.3, -0.25) is 14.5 Å². The molecule has 1 aliphatic heterocycles. The molecule has 1 unspecified atom stereocenters. The summed E-state index contributed by atoms with van der Waals surface area (Å²) >= 11 is 7.10. The lowest BCUT2D eigenvalue weighted by atomic mass is 10.1. The van der Waals surface area contributed by atoms with Crippen molar-refractivity contribution < 1.29 is 22.8 Å². The Balaban J connectivity index is 1.77. The van der Waals surface area contributed by atoms with Crippen molar-refractivity contribution in [2.75, 3.05) is 11.9 Å². The van der Waals surface area contributed by atoms with Crippen molar-refractivity contribution in [3.8, 4) is 0 Å². The first-order chi connectivity index (χ1) is 15.0. The number of halogens is 4. The molecule has 2 amide bonds. The molecule has 2 aromatic carbocycles. The number of nitrogens with zero attached hydrogens (tertiary/aromatic N) is 2. The van der Waals surface area contributed by atoms with Gasteiger partial charge in [0, 0.05) is 13.0 Å². The van der Waals surface area contributed by atoms with Crippen LogP contribution in [0.4, 0.5) is 24.5 Å². The second-order valence-corrected chi connectivity index (χ2v) is 8.90. The average Bonchev–Trinajstić information content (AvgIpc) is 2.99. The molecule has 3 rings (SSSR count). The number of aryl methyl sites for hydroxylation is 2. The van der Waals surface area contributed by atoms with Gasteiger partial charge in [0.15, 0.2) is 5.17 Å². The number of carbonyl (C=O) groups is 2. The molecule has 1 atom stereocenters. The smallest absolute Gasteiger partial charge is 0.325 e. The van der Waals surface area contributed by atoms with Crippen molar-refractivity contribution in [2.24, 2.45) is 4.99 Å². The number of hydrogen-bond acceptors (Lipinski definition) is 4. The summed E-state index contributed by atoms with van der Waals surface area (Å²) in [5, 5.41) is 2.12. The molecule has 1 aliphatic rings. The summed E-state index contributed by atoms with van der Waals surface area (Å²) in [7, 11) is 0. The largest absolute Gasteiger partial charge is 0.416 e. The van der Waals surface area contributed by atoms with E-state index in [9.17, 15) is 22.8 Å². The maximum absolute atomic E-state index is 13.0. The van der Waals surface area contributed by atoms with Crippen LogP contribution >= 0.6 is 23.4 Å². The molecule has 0 radical (unpaired) electrons. The van der Waals surface area contributed by atoms with E-state index in [0.717, 1.165) is 46.8 Å². The summed E-state index contributed by atoms with van der Waals surface area (Å²) in [6, 6.07) is 8.50. The van der Waals surface area contributed by atoms with Crippen LogP contribution in [-0.4, -0.2) is 33.7 Å². The highest BCUT2D eigenvalue weighted by Crippen LogP contribution is 2.35. The molecule has 10 heteroatoms. The van der Waals surface area contributed by atoms with Crippen LogP contribution in [0.25, 0.3) is 0 Å². The van der Waals surface area contributed by atoms with E-state index in [4.69, 9.17) is 11.6 Å². The Hall–Kier alpha value is -2.52. The molecule has 0 bridgehead atoms. The molecular weight excluding hydrogens is 463 g/mol. The summed E-state index contributed by atoms with van der Waals surface area (Å²) < 4.78 is 38.9. The van der Waals surface area contributed by atoms with Crippen LogP contribution in [0.1, 0.15) is 30.0 Å². The van der Waals surface area contributed by atoms with E-state index >= 15 is 0 Å². The third kappa shape index (κ3) is 5.45.